The molecule has 0 fully saturated rings. The molecule has 1 N–H and O–H groups in total. The fourth-order valence-corrected chi connectivity index (χ4v) is 3.74. The van der Waals surface area contributed by atoms with Gasteiger partial charge in [0.25, 0.3) is 0 Å². The van der Waals surface area contributed by atoms with E-state index in [1.54, 1.807) is 19.1 Å². The summed E-state index contributed by atoms with van der Waals surface area (Å²) in [6, 6.07) is 24.2. The Bertz CT molecular complexity index is 1050. The molecule has 0 radical (unpaired) electrons. The number of benzene rings is 3. The number of nitrogens with zero attached hydrogens (tertiary/aromatic N) is 1. The lowest BCUT2D eigenvalue weighted by atomic mass is 10.0. The lowest BCUT2D eigenvalue weighted by molar-refractivity contribution is -0.141. The van der Waals surface area contributed by atoms with Crippen LogP contribution in [0.3, 0.4) is 0 Å². The monoisotopic (exact) mass is 460 g/mol. The van der Waals surface area contributed by atoms with Gasteiger partial charge in [0, 0.05) is 25.9 Å². The van der Waals surface area contributed by atoms with E-state index in [2.05, 4.69) is 5.32 Å². The van der Waals surface area contributed by atoms with Crippen molar-refractivity contribution < 1.29 is 19.1 Å². The lowest BCUT2D eigenvalue weighted by Crippen LogP contribution is -2.50. The molecule has 6 heteroatoms. The van der Waals surface area contributed by atoms with Gasteiger partial charge >= 0.3 is 0 Å². The average molecular weight is 461 g/mol. The van der Waals surface area contributed by atoms with E-state index in [0.29, 0.717) is 25.9 Å². The third-order valence-corrected chi connectivity index (χ3v) is 5.71. The van der Waals surface area contributed by atoms with Gasteiger partial charge in [-0.25, -0.2) is 0 Å². The van der Waals surface area contributed by atoms with Crippen molar-refractivity contribution in [3.05, 3.63) is 95.6 Å². The summed E-state index contributed by atoms with van der Waals surface area (Å²) < 4.78 is 10.4. The van der Waals surface area contributed by atoms with Gasteiger partial charge in [-0.2, -0.15) is 0 Å². The summed E-state index contributed by atoms with van der Waals surface area (Å²) >= 11 is 0. The quantitative estimate of drug-likeness (QED) is 0.461. The Morgan fingerprint density at radius 1 is 0.794 bits per heavy atom. The van der Waals surface area contributed by atoms with E-state index in [9.17, 15) is 9.59 Å². The zero-order valence-electron chi connectivity index (χ0n) is 20.0. The van der Waals surface area contributed by atoms with Gasteiger partial charge in [-0.05, 0) is 41.0 Å². The molecular formula is C28H32N2O4. The molecule has 0 bridgehead atoms. The molecule has 0 aliphatic carbocycles. The first-order chi connectivity index (χ1) is 16.5. The highest BCUT2D eigenvalue weighted by molar-refractivity contribution is 5.88. The van der Waals surface area contributed by atoms with Crippen LogP contribution in [0.25, 0.3) is 0 Å². The van der Waals surface area contributed by atoms with Gasteiger partial charge in [0.05, 0.1) is 14.2 Å². The summed E-state index contributed by atoms with van der Waals surface area (Å²) in [5.74, 6) is 1.25. The Balaban J connectivity index is 1.83. The van der Waals surface area contributed by atoms with Gasteiger partial charge in [0.1, 0.15) is 17.5 Å². The van der Waals surface area contributed by atoms with E-state index in [4.69, 9.17) is 9.47 Å². The molecule has 178 valence electrons. The number of carbonyl (C=O) groups is 2. The topological polar surface area (TPSA) is 67.9 Å². The zero-order valence-corrected chi connectivity index (χ0v) is 20.0. The van der Waals surface area contributed by atoms with Gasteiger partial charge in [-0.3, -0.25) is 9.59 Å². The van der Waals surface area contributed by atoms with Crippen LogP contribution in [0.1, 0.15) is 30.0 Å². The van der Waals surface area contributed by atoms with Gasteiger partial charge in [0.2, 0.25) is 11.8 Å². The number of rotatable bonds is 11. The molecule has 3 aromatic carbocycles. The van der Waals surface area contributed by atoms with Crippen LogP contribution in [0, 0.1) is 0 Å². The molecule has 2 amide bonds. The van der Waals surface area contributed by atoms with Crippen molar-refractivity contribution in [1.82, 2.24) is 10.2 Å². The van der Waals surface area contributed by atoms with Crippen LogP contribution in [0.2, 0.25) is 0 Å². The highest BCUT2D eigenvalue weighted by Crippen LogP contribution is 2.18. The van der Waals surface area contributed by atoms with Crippen LogP contribution in [0.5, 0.6) is 11.5 Å². The molecule has 1 atom stereocenters. The van der Waals surface area contributed by atoms with Crippen LogP contribution in [-0.2, 0) is 29.1 Å². The normalized spacial score (nSPS) is 11.4. The molecule has 3 rings (SSSR count). The molecule has 0 saturated heterocycles. The molecule has 0 aliphatic rings. The summed E-state index contributed by atoms with van der Waals surface area (Å²) in [5.41, 5.74) is 2.88. The first kappa shape index (κ1) is 24.8. The third-order valence-electron chi connectivity index (χ3n) is 5.71. The minimum Gasteiger partial charge on any atom is -0.497 e. The molecule has 0 spiro atoms. The highest BCUT2D eigenvalue weighted by atomic mass is 16.5. The number of nitrogens with one attached hydrogen (secondary N) is 1. The lowest BCUT2D eigenvalue weighted by Gasteiger charge is -2.31. The molecule has 0 aromatic heterocycles. The van der Waals surface area contributed by atoms with Crippen molar-refractivity contribution in [1.29, 1.82) is 0 Å². The average Bonchev–Trinajstić information content (AvgIpc) is 2.90. The Kier molecular flexibility index (Phi) is 9.09. The summed E-state index contributed by atoms with van der Waals surface area (Å²) in [6.45, 7) is 2.52. The standard InChI is InChI=1S/C28H32N2O4/c1-4-27(31)30(20-23-12-16-25(34-3)17-13-23)26(18-21-8-6-5-7-9-21)28(32)29-19-22-10-14-24(33-2)15-11-22/h5-17,26H,4,18-20H2,1-3H3,(H,29,32). The Morgan fingerprint density at radius 3 is 1.88 bits per heavy atom. The van der Waals surface area contributed by atoms with Crippen LogP contribution in [-0.4, -0.2) is 37.0 Å². The van der Waals surface area contributed by atoms with E-state index >= 15 is 0 Å². The number of ether oxygens (including phenoxy) is 2. The van der Waals surface area contributed by atoms with E-state index < -0.39 is 6.04 Å². The number of amides is 2. The van der Waals surface area contributed by atoms with Crippen LogP contribution >= 0.6 is 0 Å². The van der Waals surface area contributed by atoms with Gasteiger partial charge in [0.15, 0.2) is 0 Å². The second kappa shape index (κ2) is 12.4. The molecule has 0 saturated carbocycles. The van der Waals surface area contributed by atoms with E-state index in [1.165, 1.54) is 0 Å². The van der Waals surface area contributed by atoms with E-state index in [0.717, 1.165) is 28.2 Å². The SMILES string of the molecule is CCC(=O)N(Cc1ccc(OC)cc1)C(Cc1ccccc1)C(=O)NCc1ccc(OC)cc1. The molecule has 6 nitrogen and oxygen atoms in total. The predicted octanol–water partition coefficient (Wildman–Crippen LogP) is 4.37. The molecule has 0 aliphatic heterocycles. The third kappa shape index (κ3) is 6.85. The summed E-state index contributed by atoms with van der Waals surface area (Å²) in [7, 11) is 3.23. The van der Waals surface area contributed by atoms with E-state index in [1.807, 2.05) is 85.8 Å². The van der Waals surface area contributed by atoms with Gasteiger partial charge < -0.3 is 19.7 Å². The highest BCUT2D eigenvalue weighted by Gasteiger charge is 2.29. The van der Waals surface area contributed by atoms with Gasteiger partial charge in [-0.15, -0.1) is 0 Å². The second-order valence-electron chi connectivity index (χ2n) is 7.99. The Morgan fingerprint density at radius 2 is 1.35 bits per heavy atom. The van der Waals surface area contributed by atoms with Gasteiger partial charge in [-0.1, -0.05) is 61.5 Å². The first-order valence-electron chi connectivity index (χ1n) is 11.4. The smallest absolute Gasteiger partial charge is 0.243 e. The van der Waals surface area contributed by atoms with Crippen molar-refractivity contribution in [2.45, 2.75) is 38.9 Å². The fraction of sp³-hybridized carbons (Fsp3) is 0.286. The minimum atomic E-state index is -0.643. The zero-order chi connectivity index (χ0) is 24.3. The molecule has 3 aromatic rings. The maximum absolute atomic E-state index is 13.4. The number of carbonyl (C=O) groups excluding carboxylic acids is 2. The van der Waals surface area contributed by atoms with Crippen molar-refractivity contribution in [3.63, 3.8) is 0 Å². The minimum absolute atomic E-state index is 0.0728. The van der Waals surface area contributed by atoms with E-state index in [-0.39, 0.29) is 11.8 Å². The predicted molar refractivity (Wildman–Crippen MR) is 133 cm³/mol. The second-order valence-corrected chi connectivity index (χ2v) is 7.99. The summed E-state index contributed by atoms with van der Waals surface area (Å²) in [5, 5.41) is 3.03. The first-order valence-corrected chi connectivity index (χ1v) is 11.4. The van der Waals surface area contributed by atoms with Crippen molar-refractivity contribution in [2.24, 2.45) is 0 Å². The summed E-state index contributed by atoms with van der Waals surface area (Å²) in [4.78, 5) is 28.2. The fourth-order valence-electron chi connectivity index (χ4n) is 3.74. The number of hydrogen-bond acceptors (Lipinski definition) is 4. The number of hydrogen-bond donors (Lipinski definition) is 1. The summed E-state index contributed by atoms with van der Waals surface area (Å²) in [6.07, 6.45) is 0.740. The van der Waals surface area contributed by atoms with Crippen molar-refractivity contribution in [2.75, 3.05) is 14.2 Å². The maximum Gasteiger partial charge on any atom is 0.243 e. The van der Waals surface area contributed by atoms with Crippen molar-refractivity contribution in [3.8, 4) is 11.5 Å². The Hall–Kier alpha value is -3.80. The van der Waals surface area contributed by atoms with Crippen molar-refractivity contribution >= 4 is 11.8 Å². The number of methoxy groups -OCH3 is 2. The van der Waals surface area contributed by atoms with Crippen LogP contribution in [0.15, 0.2) is 78.9 Å². The van der Waals surface area contributed by atoms with Crippen LogP contribution < -0.4 is 14.8 Å². The molecule has 0 heterocycles. The molecule has 34 heavy (non-hydrogen) atoms. The molecular weight excluding hydrogens is 428 g/mol. The Labute approximate surface area is 201 Å². The maximum atomic E-state index is 13.4. The largest absolute Gasteiger partial charge is 0.497 e. The molecule has 1 unspecified atom stereocenters. The van der Waals surface area contributed by atoms with Crippen LogP contribution in [0.4, 0.5) is 0 Å².